The summed E-state index contributed by atoms with van der Waals surface area (Å²) >= 11 is -8.15. The molecule has 1 aromatic rings. The normalized spacial score (nSPS) is 16.5. The van der Waals surface area contributed by atoms with Crippen LogP contribution in [-0.2, 0) is 0 Å². The molecular formula is C31H19F39Sn. The summed E-state index contributed by atoms with van der Waals surface area (Å²) in [6.07, 6.45) is -36.4. The topological polar surface area (TPSA) is 0 Å². The van der Waals surface area contributed by atoms with Gasteiger partial charge in [0.05, 0.1) is 0 Å². The second kappa shape index (κ2) is 18.2. The number of halogens is 39. The van der Waals surface area contributed by atoms with Gasteiger partial charge in [-0.15, -0.1) is 0 Å². The Hall–Kier alpha value is -2.71. The summed E-state index contributed by atoms with van der Waals surface area (Å²) in [5, 5.41) is 0. The van der Waals surface area contributed by atoms with Gasteiger partial charge in [-0.2, -0.15) is 0 Å². The molecule has 0 unspecified atom stereocenters. The molecular weight excluding hydrogens is 1230 g/mol. The van der Waals surface area contributed by atoms with Gasteiger partial charge >= 0.3 is 370 Å². The van der Waals surface area contributed by atoms with Crippen LogP contribution >= 0.6 is 0 Å². The number of alkyl halides is 39. The molecule has 0 aromatic heterocycles. The van der Waals surface area contributed by atoms with Crippen LogP contribution in [0.15, 0.2) is 24.3 Å². The van der Waals surface area contributed by atoms with Crippen LogP contribution in [0.5, 0.6) is 0 Å². The Labute approximate surface area is 370 Å². The van der Waals surface area contributed by atoms with E-state index in [0.717, 1.165) is 6.92 Å². The fourth-order valence-electron chi connectivity index (χ4n) is 5.78. The van der Waals surface area contributed by atoms with Gasteiger partial charge in [0.1, 0.15) is 0 Å². The van der Waals surface area contributed by atoms with Crippen molar-refractivity contribution in [1.82, 2.24) is 0 Å². The van der Waals surface area contributed by atoms with Gasteiger partial charge in [0.2, 0.25) is 0 Å². The van der Waals surface area contributed by atoms with Crippen LogP contribution in [0.4, 0.5) is 171 Å². The zero-order valence-corrected chi connectivity index (χ0v) is 35.6. The van der Waals surface area contributed by atoms with E-state index in [1.807, 2.05) is 0 Å². The van der Waals surface area contributed by atoms with Crippen molar-refractivity contribution in [3.63, 3.8) is 0 Å². The Morgan fingerprint density at radius 1 is 0.254 bits per heavy atom. The monoisotopic (exact) mass is 1250 g/mol. The number of aryl methyl sites for hydroxylation is 1. The molecule has 0 N–H and O–H groups in total. The molecule has 0 aliphatic rings. The third kappa shape index (κ3) is 10.0. The number of benzene rings is 1. The predicted octanol–water partition coefficient (Wildman–Crippen LogP) is 16.0. The molecule has 0 heterocycles. The molecule has 0 amide bonds. The van der Waals surface area contributed by atoms with Gasteiger partial charge in [-0.1, -0.05) is 0 Å². The minimum absolute atomic E-state index is 0.111. The molecule has 0 spiro atoms. The van der Waals surface area contributed by atoms with Crippen molar-refractivity contribution >= 4 is 22.0 Å². The second-order valence-electron chi connectivity index (χ2n) is 15.1. The third-order valence-electron chi connectivity index (χ3n) is 10.4. The average molecular weight is 1250 g/mol. The van der Waals surface area contributed by atoms with E-state index >= 15 is 26.3 Å². The summed E-state index contributed by atoms with van der Waals surface area (Å²) in [5.41, 5.74) is -0.452. The van der Waals surface area contributed by atoms with Gasteiger partial charge in [0.15, 0.2) is 0 Å². The molecule has 71 heavy (non-hydrogen) atoms. The first kappa shape index (κ1) is 66.3. The van der Waals surface area contributed by atoms with Gasteiger partial charge in [-0.3, -0.25) is 0 Å². The SMILES string of the molecule is Cc1cc[c]([Sn]([CH2]CC(F)(F)C(F)(F)C(F)(F)C(F)(F)C(F)(F)C(F)(F)F)([CH2]CC(F)(F)C(F)(F)C(F)(F)C(F)(F)C(F)(F)C(F)(F)F)[CH2]CC(F)(F)C(F)(F)C(F)(F)C(F)(F)C(F)(F)C(F)(F)F)cc1. The quantitative estimate of drug-likeness (QED) is 0.0802. The summed E-state index contributed by atoms with van der Waals surface area (Å²) in [6, 6.07) is 0.284. The molecule has 420 valence electrons. The van der Waals surface area contributed by atoms with Crippen LogP contribution in [0.25, 0.3) is 0 Å². The molecule has 0 radical (unpaired) electrons. The molecule has 40 heteroatoms. The fourth-order valence-corrected chi connectivity index (χ4v) is 19.7. The Morgan fingerprint density at radius 2 is 0.423 bits per heavy atom. The fraction of sp³-hybridized carbons (Fsp3) is 0.806. The van der Waals surface area contributed by atoms with Crippen molar-refractivity contribution in [2.24, 2.45) is 0 Å². The molecule has 0 atom stereocenters. The molecule has 0 bridgehead atoms. The summed E-state index contributed by atoms with van der Waals surface area (Å²) < 4.78 is 529. The molecule has 0 aliphatic carbocycles. The molecule has 0 saturated heterocycles. The molecule has 1 aromatic carbocycles. The predicted molar refractivity (Wildman–Crippen MR) is 157 cm³/mol. The number of hydrogen-bond acceptors (Lipinski definition) is 0. The second-order valence-corrected chi connectivity index (χ2v) is 28.4. The molecule has 0 fully saturated rings. The third-order valence-corrected chi connectivity index (χ3v) is 25.2. The average Bonchev–Trinajstić information content (AvgIpc) is 3.15. The number of hydrogen-bond donors (Lipinski definition) is 0. The van der Waals surface area contributed by atoms with Crippen LogP contribution in [0, 0.1) is 6.92 Å². The summed E-state index contributed by atoms with van der Waals surface area (Å²) in [6.45, 7) is 0.760. The standard InChI is InChI=1S/3C8H4F13.C7H7.Sn/c3*1-2-3(9,10)4(11,12)5(13,14)6(15,16)7(17,18)8(19,20)21;1-7-5-3-2-4-6-7;/h3*1-2H2;3-6H,1H3;. The Morgan fingerprint density at radius 3 is 0.592 bits per heavy atom. The molecule has 0 saturated carbocycles. The van der Waals surface area contributed by atoms with Crippen LogP contribution in [-0.4, -0.2) is 126 Å². The first-order valence-electron chi connectivity index (χ1n) is 17.3. The Balaban J connectivity index is 4.44. The first-order valence-corrected chi connectivity index (χ1v) is 24.8. The van der Waals surface area contributed by atoms with E-state index in [1.54, 1.807) is 0 Å². The molecule has 0 aliphatic heterocycles. The van der Waals surface area contributed by atoms with Crippen molar-refractivity contribution in [1.29, 1.82) is 0 Å². The zero-order chi connectivity index (χ0) is 57.7. The summed E-state index contributed by atoms with van der Waals surface area (Å²) in [5.74, 6) is -127. The van der Waals surface area contributed by atoms with Crippen molar-refractivity contribution < 1.29 is 171 Å². The summed E-state index contributed by atoms with van der Waals surface area (Å²) in [7, 11) is 0. The van der Waals surface area contributed by atoms with E-state index < -0.39 is 167 Å². The van der Waals surface area contributed by atoms with Crippen molar-refractivity contribution in [2.45, 2.75) is 147 Å². The van der Waals surface area contributed by atoms with Crippen molar-refractivity contribution in [2.75, 3.05) is 0 Å². The van der Waals surface area contributed by atoms with Crippen LogP contribution in [0.2, 0.25) is 13.3 Å². The van der Waals surface area contributed by atoms with Crippen LogP contribution < -0.4 is 3.58 Å². The van der Waals surface area contributed by atoms with Gasteiger partial charge in [0.25, 0.3) is 0 Å². The van der Waals surface area contributed by atoms with Gasteiger partial charge in [0, 0.05) is 0 Å². The van der Waals surface area contributed by atoms with Crippen LogP contribution in [0.3, 0.4) is 0 Å². The van der Waals surface area contributed by atoms with E-state index in [2.05, 4.69) is 0 Å². The van der Waals surface area contributed by atoms with Crippen molar-refractivity contribution in [3.05, 3.63) is 29.8 Å². The maximum absolute atomic E-state index is 15.1. The van der Waals surface area contributed by atoms with E-state index in [4.69, 9.17) is 0 Å². The summed E-state index contributed by atoms with van der Waals surface area (Å²) in [4.78, 5) is 0. The van der Waals surface area contributed by atoms with E-state index in [1.165, 1.54) is 0 Å². The van der Waals surface area contributed by atoms with Crippen LogP contribution in [0.1, 0.15) is 24.8 Å². The Bertz CT molecular complexity index is 1790. The zero-order valence-electron chi connectivity index (χ0n) is 32.8. The number of rotatable bonds is 22. The minimum atomic E-state index is -8.86. The molecule has 0 nitrogen and oxygen atoms in total. The van der Waals surface area contributed by atoms with Gasteiger partial charge in [-0.25, -0.2) is 0 Å². The van der Waals surface area contributed by atoms with Crippen molar-refractivity contribution in [3.8, 4) is 0 Å². The van der Waals surface area contributed by atoms with Gasteiger partial charge < -0.3 is 0 Å². The van der Waals surface area contributed by atoms with E-state index in [-0.39, 0.29) is 24.3 Å². The van der Waals surface area contributed by atoms with E-state index in [9.17, 15) is 145 Å². The van der Waals surface area contributed by atoms with Gasteiger partial charge in [-0.05, 0) is 0 Å². The van der Waals surface area contributed by atoms with E-state index in [0.29, 0.717) is 0 Å². The molecule has 1 rings (SSSR count). The maximum atomic E-state index is 15.1. The Kier molecular flexibility index (Phi) is 17.0. The first-order chi connectivity index (χ1) is 30.4.